The fraction of sp³-hybridized carbons (Fsp3) is 0.429. The monoisotopic (exact) mass is 297 g/mol. The smallest absolute Gasteiger partial charge is 0.338 e. The predicted octanol–water partition coefficient (Wildman–Crippen LogP) is 1.79. The molecule has 0 radical (unpaired) electrons. The number of esters is 1. The largest absolute Gasteiger partial charge is 0.452 e. The van der Waals surface area contributed by atoms with Crippen LogP contribution in [0.4, 0.5) is 0 Å². The Hall–Kier alpha value is -1.59. The van der Waals surface area contributed by atoms with E-state index in [0.29, 0.717) is 17.1 Å². The van der Waals surface area contributed by atoms with Gasteiger partial charge in [-0.2, -0.15) is 0 Å². The topological polar surface area (TPSA) is 64.6 Å². The van der Waals surface area contributed by atoms with Crippen molar-refractivity contribution < 1.29 is 19.1 Å². The summed E-state index contributed by atoms with van der Waals surface area (Å²) in [6.45, 7) is 0.885. The first-order chi connectivity index (χ1) is 9.65. The van der Waals surface area contributed by atoms with E-state index in [4.69, 9.17) is 21.1 Å². The lowest BCUT2D eigenvalue weighted by molar-refractivity contribution is -0.124. The number of halogens is 1. The molecular weight excluding hydrogens is 282 g/mol. The van der Waals surface area contributed by atoms with Crippen molar-refractivity contribution in [3.8, 4) is 0 Å². The second-order valence-electron chi connectivity index (χ2n) is 4.53. The summed E-state index contributed by atoms with van der Waals surface area (Å²) in [4.78, 5) is 23.2. The van der Waals surface area contributed by atoms with Crippen molar-refractivity contribution in [1.82, 2.24) is 5.32 Å². The van der Waals surface area contributed by atoms with E-state index < -0.39 is 5.97 Å². The number of nitrogens with one attached hydrogen (secondary N) is 1. The van der Waals surface area contributed by atoms with Gasteiger partial charge in [-0.25, -0.2) is 4.79 Å². The Kier molecular flexibility index (Phi) is 5.38. The van der Waals surface area contributed by atoms with Gasteiger partial charge < -0.3 is 14.8 Å². The highest BCUT2D eigenvalue weighted by Crippen LogP contribution is 2.12. The molecule has 1 unspecified atom stereocenters. The van der Waals surface area contributed by atoms with Gasteiger partial charge in [0.25, 0.3) is 5.91 Å². The summed E-state index contributed by atoms with van der Waals surface area (Å²) in [6, 6.07) is 6.38. The molecule has 1 aliphatic rings. The molecule has 1 N–H and O–H groups in total. The summed E-state index contributed by atoms with van der Waals surface area (Å²) in [7, 11) is 0. The zero-order valence-corrected chi connectivity index (χ0v) is 11.7. The molecule has 1 amide bonds. The molecule has 0 saturated carbocycles. The minimum Gasteiger partial charge on any atom is -0.452 e. The van der Waals surface area contributed by atoms with E-state index in [0.717, 1.165) is 19.4 Å². The van der Waals surface area contributed by atoms with Crippen molar-refractivity contribution in [2.75, 3.05) is 19.8 Å². The highest BCUT2D eigenvalue weighted by Gasteiger charge is 2.17. The second kappa shape index (κ2) is 7.26. The summed E-state index contributed by atoms with van der Waals surface area (Å²) in [5.74, 6) is -0.907. The van der Waals surface area contributed by atoms with E-state index in [1.807, 2.05) is 0 Å². The molecule has 5 nitrogen and oxygen atoms in total. The van der Waals surface area contributed by atoms with Crippen LogP contribution in [0.3, 0.4) is 0 Å². The Morgan fingerprint density at radius 3 is 3.00 bits per heavy atom. The van der Waals surface area contributed by atoms with Crippen LogP contribution in [0, 0.1) is 0 Å². The Morgan fingerprint density at radius 1 is 1.45 bits per heavy atom. The van der Waals surface area contributed by atoms with Crippen molar-refractivity contribution in [3.05, 3.63) is 34.9 Å². The summed E-state index contributed by atoms with van der Waals surface area (Å²) in [5, 5.41) is 3.12. The lowest BCUT2D eigenvalue weighted by Crippen LogP contribution is -2.34. The molecule has 2 rings (SSSR count). The number of hydrogen-bond donors (Lipinski definition) is 1. The quantitative estimate of drug-likeness (QED) is 0.842. The van der Waals surface area contributed by atoms with E-state index in [1.165, 1.54) is 6.07 Å². The first-order valence-corrected chi connectivity index (χ1v) is 6.84. The highest BCUT2D eigenvalue weighted by atomic mass is 35.5. The van der Waals surface area contributed by atoms with Crippen LogP contribution in [-0.2, 0) is 14.3 Å². The van der Waals surface area contributed by atoms with Gasteiger partial charge in [-0.15, -0.1) is 0 Å². The first-order valence-electron chi connectivity index (χ1n) is 6.46. The fourth-order valence-corrected chi connectivity index (χ4v) is 2.10. The van der Waals surface area contributed by atoms with Gasteiger partial charge >= 0.3 is 5.97 Å². The fourth-order valence-electron chi connectivity index (χ4n) is 1.91. The molecule has 1 fully saturated rings. The molecule has 6 heteroatoms. The summed E-state index contributed by atoms with van der Waals surface area (Å²) in [5.41, 5.74) is 0.324. The van der Waals surface area contributed by atoms with Crippen LogP contribution in [0.1, 0.15) is 23.2 Å². The zero-order valence-electron chi connectivity index (χ0n) is 10.9. The molecule has 1 heterocycles. The van der Waals surface area contributed by atoms with E-state index in [1.54, 1.807) is 18.2 Å². The van der Waals surface area contributed by atoms with Gasteiger partial charge in [0.05, 0.1) is 11.7 Å². The molecule has 20 heavy (non-hydrogen) atoms. The normalized spacial score (nSPS) is 17.8. The number of carbonyl (C=O) groups excluding carboxylic acids is 2. The minimum absolute atomic E-state index is 0.0718. The van der Waals surface area contributed by atoms with Crippen LogP contribution >= 0.6 is 11.6 Å². The SMILES string of the molecule is O=C(COC(=O)c1cccc(Cl)c1)NCC1CCCO1. The van der Waals surface area contributed by atoms with Gasteiger partial charge in [0, 0.05) is 18.2 Å². The molecule has 108 valence electrons. The van der Waals surface area contributed by atoms with Gasteiger partial charge in [0.1, 0.15) is 0 Å². The van der Waals surface area contributed by atoms with Crippen molar-refractivity contribution in [3.63, 3.8) is 0 Å². The number of ether oxygens (including phenoxy) is 2. The number of hydrogen-bond acceptors (Lipinski definition) is 4. The van der Waals surface area contributed by atoms with E-state index >= 15 is 0 Å². The standard InChI is InChI=1S/C14H16ClNO4/c15-11-4-1-3-10(7-11)14(18)20-9-13(17)16-8-12-5-2-6-19-12/h1,3-4,7,12H,2,5-6,8-9H2,(H,16,17). The minimum atomic E-state index is -0.570. The molecule has 1 atom stereocenters. The Bertz CT molecular complexity index is 486. The molecule has 0 aromatic heterocycles. The van der Waals surface area contributed by atoms with E-state index in [2.05, 4.69) is 5.32 Å². The average Bonchev–Trinajstić information content (AvgIpc) is 2.95. The van der Waals surface area contributed by atoms with Crippen LogP contribution in [0.25, 0.3) is 0 Å². The van der Waals surface area contributed by atoms with E-state index in [9.17, 15) is 9.59 Å². The third-order valence-electron chi connectivity index (χ3n) is 2.95. The van der Waals surface area contributed by atoms with Crippen LogP contribution in [0.2, 0.25) is 5.02 Å². The maximum absolute atomic E-state index is 11.7. The molecule has 1 aromatic carbocycles. The highest BCUT2D eigenvalue weighted by molar-refractivity contribution is 6.30. The van der Waals surface area contributed by atoms with Crippen LogP contribution in [-0.4, -0.2) is 37.7 Å². The van der Waals surface area contributed by atoms with Crippen molar-refractivity contribution in [2.45, 2.75) is 18.9 Å². The molecule has 0 aliphatic carbocycles. The third kappa shape index (κ3) is 4.51. The van der Waals surface area contributed by atoms with Gasteiger partial charge in [-0.3, -0.25) is 4.79 Å². The van der Waals surface area contributed by atoms with Gasteiger partial charge in [0.2, 0.25) is 0 Å². The molecule has 1 aromatic rings. The third-order valence-corrected chi connectivity index (χ3v) is 3.18. The second-order valence-corrected chi connectivity index (χ2v) is 4.96. The molecule has 0 spiro atoms. The van der Waals surface area contributed by atoms with Gasteiger partial charge in [0.15, 0.2) is 6.61 Å². The lowest BCUT2D eigenvalue weighted by Gasteiger charge is -2.11. The van der Waals surface area contributed by atoms with Gasteiger partial charge in [-0.1, -0.05) is 17.7 Å². The first kappa shape index (κ1) is 14.8. The summed E-state index contributed by atoms with van der Waals surface area (Å²) < 4.78 is 10.3. The van der Waals surface area contributed by atoms with Crippen molar-refractivity contribution in [1.29, 1.82) is 0 Å². The van der Waals surface area contributed by atoms with E-state index in [-0.39, 0.29) is 18.6 Å². The predicted molar refractivity (Wildman–Crippen MR) is 73.7 cm³/mol. The zero-order chi connectivity index (χ0) is 14.4. The lowest BCUT2D eigenvalue weighted by atomic mass is 10.2. The Labute approximate surface area is 122 Å². The molecule has 1 aliphatic heterocycles. The number of carbonyl (C=O) groups is 2. The Morgan fingerprint density at radius 2 is 2.30 bits per heavy atom. The van der Waals surface area contributed by atoms with Crippen LogP contribution in [0.5, 0.6) is 0 Å². The Balaban J connectivity index is 1.71. The maximum Gasteiger partial charge on any atom is 0.338 e. The summed E-state index contributed by atoms with van der Waals surface area (Å²) >= 11 is 5.77. The molecule has 0 bridgehead atoms. The molecule has 1 saturated heterocycles. The summed E-state index contributed by atoms with van der Waals surface area (Å²) in [6.07, 6.45) is 2.04. The maximum atomic E-state index is 11.7. The number of amides is 1. The van der Waals surface area contributed by atoms with Crippen molar-refractivity contribution in [2.24, 2.45) is 0 Å². The number of rotatable bonds is 5. The van der Waals surface area contributed by atoms with Crippen LogP contribution in [0.15, 0.2) is 24.3 Å². The van der Waals surface area contributed by atoms with Crippen LogP contribution < -0.4 is 5.32 Å². The van der Waals surface area contributed by atoms with Crippen molar-refractivity contribution >= 4 is 23.5 Å². The van der Waals surface area contributed by atoms with Gasteiger partial charge in [-0.05, 0) is 31.0 Å². The average molecular weight is 298 g/mol. The molecular formula is C14H16ClNO4. The number of benzene rings is 1.